The number of hydrogen-bond donors (Lipinski definition) is 2. The maximum atomic E-state index is 13.2. The Balaban J connectivity index is 2.07. The standard InChI is InChI=1S/C24H37N3O5/c1-6-31-22(29)19(15-14-18-11-8-7-9-12-18)26-17(2)21(28)27-20(13-10-16-25-27)23(30)32-24(3,4)5/h7-9,11-12,17,19-20,25-26H,6,10,13-16H2,1-5H3/t17-,19-,20?/m0/s1. The minimum absolute atomic E-state index is 0.263. The molecule has 178 valence electrons. The Bertz CT molecular complexity index is 763. The molecule has 1 aromatic rings. The number of benzene rings is 1. The Kier molecular flexibility index (Phi) is 9.65. The van der Waals surface area contributed by atoms with Crippen molar-refractivity contribution in [3.05, 3.63) is 35.9 Å². The van der Waals surface area contributed by atoms with Gasteiger partial charge in [0.25, 0.3) is 5.91 Å². The lowest BCUT2D eigenvalue weighted by Crippen LogP contribution is -2.62. The Morgan fingerprint density at radius 2 is 1.91 bits per heavy atom. The molecule has 8 heteroatoms. The Hall–Kier alpha value is -2.45. The summed E-state index contributed by atoms with van der Waals surface area (Å²) in [5, 5.41) is 4.47. The molecule has 0 spiro atoms. The van der Waals surface area contributed by atoms with E-state index in [2.05, 4.69) is 10.7 Å². The number of hydrogen-bond acceptors (Lipinski definition) is 7. The maximum Gasteiger partial charge on any atom is 0.331 e. The molecule has 1 aromatic carbocycles. The Labute approximate surface area is 191 Å². The van der Waals surface area contributed by atoms with Crippen LogP contribution in [-0.2, 0) is 30.3 Å². The normalized spacial score (nSPS) is 18.5. The molecule has 1 saturated heterocycles. The number of nitrogens with one attached hydrogen (secondary N) is 2. The number of esters is 2. The van der Waals surface area contributed by atoms with Crippen LogP contribution in [0.15, 0.2) is 30.3 Å². The number of ether oxygens (including phenoxy) is 2. The summed E-state index contributed by atoms with van der Waals surface area (Å²) >= 11 is 0. The Morgan fingerprint density at radius 3 is 2.53 bits per heavy atom. The second-order valence-electron chi connectivity index (χ2n) is 9.03. The zero-order valence-electron chi connectivity index (χ0n) is 19.8. The summed E-state index contributed by atoms with van der Waals surface area (Å²) in [6, 6.07) is 7.80. The maximum absolute atomic E-state index is 13.2. The van der Waals surface area contributed by atoms with Crippen LogP contribution in [0, 0.1) is 0 Å². The van der Waals surface area contributed by atoms with E-state index in [0.29, 0.717) is 25.8 Å². The van der Waals surface area contributed by atoms with Crippen molar-refractivity contribution in [2.24, 2.45) is 0 Å². The van der Waals surface area contributed by atoms with E-state index >= 15 is 0 Å². The van der Waals surface area contributed by atoms with Gasteiger partial charge in [0.1, 0.15) is 17.7 Å². The molecule has 0 radical (unpaired) electrons. The van der Waals surface area contributed by atoms with E-state index in [-0.39, 0.29) is 12.5 Å². The quantitative estimate of drug-likeness (QED) is 0.561. The number of aryl methyl sites for hydroxylation is 1. The average molecular weight is 448 g/mol. The molecule has 8 nitrogen and oxygen atoms in total. The molecule has 32 heavy (non-hydrogen) atoms. The second kappa shape index (κ2) is 12.0. The number of carbonyl (C=O) groups is 3. The topological polar surface area (TPSA) is 97.0 Å². The second-order valence-corrected chi connectivity index (χ2v) is 9.03. The number of nitrogens with zero attached hydrogens (tertiary/aromatic N) is 1. The van der Waals surface area contributed by atoms with Crippen LogP contribution >= 0.6 is 0 Å². The molecule has 0 aromatic heterocycles. The molecule has 0 aliphatic carbocycles. The summed E-state index contributed by atoms with van der Waals surface area (Å²) in [6.07, 6.45) is 2.44. The highest BCUT2D eigenvalue weighted by molar-refractivity contribution is 5.88. The van der Waals surface area contributed by atoms with Crippen molar-refractivity contribution >= 4 is 17.8 Å². The summed E-state index contributed by atoms with van der Waals surface area (Å²) in [4.78, 5) is 38.4. The van der Waals surface area contributed by atoms with Crippen LogP contribution in [0.25, 0.3) is 0 Å². The van der Waals surface area contributed by atoms with E-state index in [4.69, 9.17) is 9.47 Å². The fourth-order valence-corrected chi connectivity index (χ4v) is 3.61. The predicted molar refractivity (Wildman–Crippen MR) is 121 cm³/mol. The van der Waals surface area contributed by atoms with Crippen LogP contribution in [0.3, 0.4) is 0 Å². The van der Waals surface area contributed by atoms with Gasteiger partial charge in [-0.3, -0.25) is 19.9 Å². The van der Waals surface area contributed by atoms with Gasteiger partial charge in [0.05, 0.1) is 12.6 Å². The van der Waals surface area contributed by atoms with Gasteiger partial charge < -0.3 is 9.47 Å². The highest BCUT2D eigenvalue weighted by Crippen LogP contribution is 2.18. The monoisotopic (exact) mass is 447 g/mol. The van der Waals surface area contributed by atoms with Gasteiger partial charge in [-0.1, -0.05) is 30.3 Å². The van der Waals surface area contributed by atoms with Gasteiger partial charge in [0.2, 0.25) is 0 Å². The molecule has 1 fully saturated rings. The first-order valence-electron chi connectivity index (χ1n) is 11.4. The lowest BCUT2D eigenvalue weighted by Gasteiger charge is -2.37. The SMILES string of the molecule is CCOC(=O)[C@H](CCc1ccccc1)N[C@@H](C)C(=O)N1NCCCC1C(=O)OC(C)(C)C. The predicted octanol–water partition coefficient (Wildman–Crippen LogP) is 2.37. The number of hydrazine groups is 1. The van der Waals surface area contributed by atoms with E-state index in [1.165, 1.54) is 5.01 Å². The fraction of sp³-hybridized carbons (Fsp3) is 0.625. The summed E-state index contributed by atoms with van der Waals surface area (Å²) in [5.74, 6) is -1.13. The van der Waals surface area contributed by atoms with Crippen molar-refractivity contribution in [2.45, 2.75) is 84.0 Å². The van der Waals surface area contributed by atoms with Crippen LogP contribution in [0.5, 0.6) is 0 Å². The lowest BCUT2D eigenvalue weighted by molar-refractivity contribution is -0.170. The third-order valence-electron chi connectivity index (χ3n) is 5.12. The Morgan fingerprint density at radius 1 is 1.22 bits per heavy atom. The molecule has 0 saturated carbocycles. The molecule has 3 atom stereocenters. The van der Waals surface area contributed by atoms with Crippen molar-refractivity contribution in [3.8, 4) is 0 Å². The smallest absolute Gasteiger partial charge is 0.331 e. The molecular weight excluding hydrogens is 410 g/mol. The van der Waals surface area contributed by atoms with Gasteiger partial charge in [0, 0.05) is 6.54 Å². The molecule has 1 heterocycles. The first-order valence-corrected chi connectivity index (χ1v) is 11.4. The van der Waals surface area contributed by atoms with Crippen LogP contribution in [0.2, 0.25) is 0 Å². The summed E-state index contributed by atoms with van der Waals surface area (Å²) < 4.78 is 10.7. The van der Waals surface area contributed by atoms with Gasteiger partial charge in [-0.15, -0.1) is 0 Å². The van der Waals surface area contributed by atoms with E-state index in [1.807, 2.05) is 30.3 Å². The van der Waals surface area contributed by atoms with Gasteiger partial charge in [-0.05, 0) is 65.9 Å². The van der Waals surface area contributed by atoms with Crippen LogP contribution in [0.1, 0.15) is 59.4 Å². The molecule has 1 aliphatic rings. The number of carbonyl (C=O) groups excluding carboxylic acids is 3. The van der Waals surface area contributed by atoms with E-state index < -0.39 is 35.7 Å². The van der Waals surface area contributed by atoms with Gasteiger partial charge in [-0.25, -0.2) is 10.2 Å². The average Bonchev–Trinajstić information content (AvgIpc) is 2.75. The van der Waals surface area contributed by atoms with E-state index in [0.717, 1.165) is 12.0 Å². The van der Waals surface area contributed by atoms with Crippen molar-refractivity contribution in [3.63, 3.8) is 0 Å². The fourth-order valence-electron chi connectivity index (χ4n) is 3.61. The van der Waals surface area contributed by atoms with Crippen LogP contribution < -0.4 is 10.7 Å². The van der Waals surface area contributed by atoms with E-state index in [9.17, 15) is 14.4 Å². The van der Waals surface area contributed by atoms with Crippen molar-refractivity contribution in [1.29, 1.82) is 0 Å². The first kappa shape index (κ1) is 25.8. The highest BCUT2D eigenvalue weighted by Gasteiger charge is 2.38. The third-order valence-corrected chi connectivity index (χ3v) is 5.12. The molecule has 1 aliphatic heterocycles. The zero-order valence-corrected chi connectivity index (χ0v) is 19.8. The van der Waals surface area contributed by atoms with Crippen LogP contribution in [0.4, 0.5) is 0 Å². The van der Waals surface area contributed by atoms with Crippen molar-refractivity contribution in [2.75, 3.05) is 13.2 Å². The lowest BCUT2D eigenvalue weighted by atomic mass is 10.0. The largest absolute Gasteiger partial charge is 0.465 e. The minimum atomic E-state index is -0.704. The van der Waals surface area contributed by atoms with E-state index in [1.54, 1.807) is 34.6 Å². The number of amides is 1. The summed E-state index contributed by atoms with van der Waals surface area (Å²) in [7, 11) is 0. The summed E-state index contributed by atoms with van der Waals surface area (Å²) in [6.45, 7) is 9.70. The van der Waals surface area contributed by atoms with Crippen molar-refractivity contribution < 1.29 is 23.9 Å². The van der Waals surface area contributed by atoms with Gasteiger partial charge >= 0.3 is 11.9 Å². The molecule has 2 N–H and O–H groups in total. The zero-order chi connectivity index (χ0) is 23.7. The summed E-state index contributed by atoms with van der Waals surface area (Å²) in [5.41, 5.74) is 3.49. The highest BCUT2D eigenvalue weighted by atomic mass is 16.6. The first-order chi connectivity index (χ1) is 15.1. The number of rotatable bonds is 9. The molecule has 0 bridgehead atoms. The molecule has 2 rings (SSSR count). The van der Waals surface area contributed by atoms with Gasteiger partial charge in [0.15, 0.2) is 0 Å². The minimum Gasteiger partial charge on any atom is -0.465 e. The van der Waals surface area contributed by atoms with Crippen LogP contribution in [-0.4, -0.2) is 59.7 Å². The third kappa shape index (κ3) is 7.91. The molecule has 1 amide bonds. The van der Waals surface area contributed by atoms with Gasteiger partial charge in [-0.2, -0.15) is 0 Å². The van der Waals surface area contributed by atoms with Crippen molar-refractivity contribution in [1.82, 2.24) is 15.8 Å². The molecule has 1 unspecified atom stereocenters. The molecular formula is C24H37N3O5.